The van der Waals surface area contributed by atoms with Gasteiger partial charge in [0.1, 0.15) is 12.4 Å². The molecule has 5 rings (SSSR count). The fourth-order valence-corrected chi connectivity index (χ4v) is 5.68. The van der Waals surface area contributed by atoms with Gasteiger partial charge in [0.05, 0.1) is 16.0 Å². The fraction of sp³-hybridized carbons (Fsp3) is 0.682. The maximum Gasteiger partial charge on any atom is 0.225 e. The van der Waals surface area contributed by atoms with Gasteiger partial charge in [-0.2, -0.15) is 0 Å². The average molecular weight is 440 g/mol. The van der Waals surface area contributed by atoms with Gasteiger partial charge in [-0.15, -0.1) is 0 Å². The number of nitrogens with one attached hydrogen (secondary N) is 3. The molecule has 3 aliphatic carbocycles. The van der Waals surface area contributed by atoms with Crippen LogP contribution in [0.5, 0.6) is 5.75 Å². The van der Waals surface area contributed by atoms with Crippen molar-refractivity contribution in [3.05, 3.63) is 28.2 Å². The van der Waals surface area contributed by atoms with Gasteiger partial charge in [0, 0.05) is 36.3 Å². The monoisotopic (exact) mass is 439 g/mol. The van der Waals surface area contributed by atoms with Crippen LogP contribution in [0.3, 0.4) is 0 Å². The van der Waals surface area contributed by atoms with Gasteiger partial charge in [-0.1, -0.05) is 23.2 Å². The Balaban J connectivity index is 1.20. The SMILES string of the molecule is CC1CCC(C(=O)NC23CC(C2)[C@@H](NCCOc2ccc(Cl)c(Cl)c2)C3)C(C)N1. The Morgan fingerprint density at radius 1 is 1.21 bits per heavy atom. The van der Waals surface area contributed by atoms with E-state index < -0.39 is 0 Å². The van der Waals surface area contributed by atoms with E-state index in [2.05, 4.69) is 29.8 Å². The molecule has 1 aliphatic heterocycles. The molecule has 5 nitrogen and oxygen atoms in total. The van der Waals surface area contributed by atoms with Crippen molar-refractivity contribution in [3.63, 3.8) is 0 Å². The third-order valence-corrected chi connectivity index (χ3v) is 7.68. The predicted molar refractivity (Wildman–Crippen MR) is 117 cm³/mol. The van der Waals surface area contributed by atoms with E-state index in [0.717, 1.165) is 44.4 Å². The molecule has 0 spiro atoms. The predicted octanol–water partition coefficient (Wildman–Crippen LogP) is 3.78. The first-order valence-electron chi connectivity index (χ1n) is 10.7. The molecule has 160 valence electrons. The highest BCUT2D eigenvalue weighted by atomic mass is 35.5. The van der Waals surface area contributed by atoms with Gasteiger partial charge in [-0.05, 0) is 64.0 Å². The highest BCUT2D eigenvalue weighted by Crippen LogP contribution is 2.52. The minimum absolute atomic E-state index is 0.00671. The van der Waals surface area contributed by atoms with Crippen molar-refractivity contribution in [2.45, 2.75) is 69.6 Å². The molecule has 3 saturated carbocycles. The molecule has 1 heterocycles. The van der Waals surface area contributed by atoms with Gasteiger partial charge < -0.3 is 20.7 Å². The molecule has 0 aromatic heterocycles. The Kier molecular flexibility index (Phi) is 6.31. The number of ether oxygens (including phenoxy) is 1. The van der Waals surface area contributed by atoms with Crippen molar-refractivity contribution in [3.8, 4) is 5.75 Å². The molecule has 3 N–H and O–H groups in total. The van der Waals surface area contributed by atoms with E-state index in [4.69, 9.17) is 27.9 Å². The van der Waals surface area contributed by atoms with Crippen molar-refractivity contribution in [1.82, 2.24) is 16.0 Å². The molecular weight excluding hydrogens is 409 g/mol. The van der Waals surface area contributed by atoms with Crippen molar-refractivity contribution in [1.29, 1.82) is 0 Å². The highest BCUT2D eigenvalue weighted by molar-refractivity contribution is 6.42. The van der Waals surface area contributed by atoms with Gasteiger partial charge >= 0.3 is 0 Å². The minimum Gasteiger partial charge on any atom is -0.492 e. The van der Waals surface area contributed by atoms with Crippen LogP contribution < -0.4 is 20.7 Å². The van der Waals surface area contributed by atoms with Crippen LogP contribution in [0.25, 0.3) is 0 Å². The number of carbonyl (C=O) groups excluding carboxylic acids is 1. The summed E-state index contributed by atoms with van der Waals surface area (Å²) in [6.45, 7) is 5.67. The topological polar surface area (TPSA) is 62.4 Å². The maximum atomic E-state index is 12.9. The van der Waals surface area contributed by atoms with E-state index in [-0.39, 0.29) is 23.4 Å². The van der Waals surface area contributed by atoms with Crippen LogP contribution in [0.1, 0.15) is 46.0 Å². The van der Waals surface area contributed by atoms with Gasteiger partial charge in [-0.25, -0.2) is 0 Å². The van der Waals surface area contributed by atoms with E-state index in [1.165, 1.54) is 0 Å². The van der Waals surface area contributed by atoms with Gasteiger partial charge in [0.2, 0.25) is 5.91 Å². The Morgan fingerprint density at radius 3 is 2.72 bits per heavy atom. The van der Waals surface area contributed by atoms with E-state index >= 15 is 0 Å². The van der Waals surface area contributed by atoms with Crippen molar-refractivity contribution >= 4 is 29.1 Å². The van der Waals surface area contributed by atoms with Crippen molar-refractivity contribution in [2.24, 2.45) is 11.8 Å². The molecule has 2 bridgehead atoms. The molecule has 1 aromatic carbocycles. The summed E-state index contributed by atoms with van der Waals surface area (Å²) < 4.78 is 5.76. The lowest BCUT2D eigenvalue weighted by molar-refractivity contribution is -0.129. The molecule has 1 aromatic rings. The summed E-state index contributed by atoms with van der Waals surface area (Å²) >= 11 is 11.9. The summed E-state index contributed by atoms with van der Waals surface area (Å²) in [6, 6.07) is 6.52. The Bertz CT molecular complexity index is 754. The first-order valence-corrected chi connectivity index (χ1v) is 11.5. The number of rotatable bonds is 7. The van der Waals surface area contributed by atoms with E-state index in [1.807, 2.05) is 6.07 Å². The summed E-state index contributed by atoms with van der Waals surface area (Å²) in [5, 5.41) is 11.6. The third-order valence-electron chi connectivity index (χ3n) is 6.94. The molecule has 0 radical (unpaired) electrons. The Hall–Kier alpha value is -1.01. The number of hydrogen-bond acceptors (Lipinski definition) is 4. The molecule has 1 amide bonds. The zero-order valence-electron chi connectivity index (χ0n) is 17.1. The number of amides is 1. The summed E-state index contributed by atoms with van der Waals surface area (Å²) in [5.41, 5.74) is 0.00671. The molecule has 4 aliphatic rings. The number of hydrogen-bond donors (Lipinski definition) is 3. The second kappa shape index (κ2) is 8.62. The maximum absolute atomic E-state index is 12.9. The smallest absolute Gasteiger partial charge is 0.225 e. The highest BCUT2D eigenvalue weighted by Gasteiger charge is 2.56. The second-order valence-electron chi connectivity index (χ2n) is 9.17. The van der Waals surface area contributed by atoms with Crippen molar-refractivity contribution in [2.75, 3.05) is 13.2 Å². The quantitative estimate of drug-likeness (QED) is 0.565. The van der Waals surface area contributed by atoms with E-state index in [9.17, 15) is 4.79 Å². The van der Waals surface area contributed by atoms with Crippen LogP contribution in [-0.2, 0) is 4.79 Å². The molecule has 4 fully saturated rings. The third kappa shape index (κ3) is 4.68. The van der Waals surface area contributed by atoms with E-state index in [1.54, 1.807) is 12.1 Å². The number of fused-ring (bicyclic) bond motifs is 1. The molecule has 1 saturated heterocycles. The second-order valence-corrected chi connectivity index (χ2v) is 9.98. The van der Waals surface area contributed by atoms with Crippen LogP contribution >= 0.6 is 23.2 Å². The molecule has 4 atom stereocenters. The van der Waals surface area contributed by atoms with Gasteiger partial charge in [0.25, 0.3) is 0 Å². The largest absolute Gasteiger partial charge is 0.492 e. The zero-order valence-corrected chi connectivity index (χ0v) is 18.7. The lowest BCUT2D eigenvalue weighted by Gasteiger charge is -2.42. The summed E-state index contributed by atoms with van der Waals surface area (Å²) in [7, 11) is 0. The zero-order chi connectivity index (χ0) is 20.6. The summed E-state index contributed by atoms with van der Waals surface area (Å²) in [4.78, 5) is 12.9. The van der Waals surface area contributed by atoms with Crippen LogP contribution in [-0.4, -0.2) is 42.7 Å². The Morgan fingerprint density at radius 2 is 2.00 bits per heavy atom. The molecular formula is C22H31Cl2N3O2. The number of carbonyl (C=O) groups is 1. The lowest BCUT2D eigenvalue weighted by atomic mass is 9.76. The summed E-state index contributed by atoms with van der Waals surface area (Å²) in [6.07, 6.45) is 5.25. The van der Waals surface area contributed by atoms with Crippen LogP contribution in [0.2, 0.25) is 10.0 Å². The summed E-state index contributed by atoms with van der Waals surface area (Å²) in [5.74, 6) is 1.71. The average Bonchev–Trinajstić information content (AvgIpc) is 3.15. The standard InChI is InChI=1S/C22H31Cl2N3O2/c1-13-3-5-17(14(2)26-13)21(28)27-22-10-15(11-22)20(12-22)25-7-8-29-16-4-6-18(23)19(24)9-16/h4,6,9,13-15,17,20,25-26H,3,5,7-8,10-12H2,1-2H3,(H,27,28)/t13?,14?,15?,17?,20-,22?/m0/s1. The number of halogens is 2. The fourth-order valence-electron chi connectivity index (χ4n) is 5.39. The van der Waals surface area contributed by atoms with E-state index in [0.29, 0.717) is 34.7 Å². The Labute approximate surface area is 183 Å². The normalized spacial score (nSPS) is 35.8. The minimum atomic E-state index is 0.00671. The number of piperidine rings is 1. The van der Waals surface area contributed by atoms with Crippen LogP contribution in [0, 0.1) is 11.8 Å². The number of benzene rings is 1. The molecule has 29 heavy (non-hydrogen) atoms. The first kappa shape index (κ1) is 21.2. The molecule has 3 unspecified atom stereocenters. The van der Waals surface area contributed by atoms with Gasteiger partial charge in [0.15, 0.2) is 0 Å². The van der Waals surface area contributed by atoms with Crippen LogP contribution in [0.15, 0.2) is 18.2 Å². The van der Waals surface area contributed by atoms with Crippen molar-refractivity contribution < 1.29 is 9.53 Å². The first-order chi connectivity index (χ1) is 13.8. The van der Waals surface area contributed by atoms with Gasteiger partial charge in [-0.3, -0.25) is 4.79 Å². The van der Waals surface area contributed by atoms with Crippen LogP contribution in [0.4, 0.5) is 0 Å². The molecule has 7 heteroatoms. The lowest BCUT2D eigenvalue weighted by Crippen LogP contribution is -2.57.